The first kappa shape index (κ1) is 12.2. The number of para-hydroxylation sites is 1. The normalized spacial score (nSPS) is 15.6. The summed E-state index contributed by atoms with van der Waals surface area (Å²) in [6.07, 6.45) is 1.45. The van der Waals surface area contributed by atoms with Crippen molar-refractivity contribution >= 4 is 15.7 Å². The quantitative estimate of drug-likeness (QED) is 0.825. The molecular weight excluding hydrogens is 240 g/mol. The number of rotatable bonds is 5. The van der Waals surface area contributed by atoms with Gasteiger partial charge in [-0.15, -0.1) is 0 Å². The molecular formula is C11H16N2O3S. The van der Waals surface area contributed by atoms with Crippen molar-refractivity contribution in [2.75, 3.05) is 11.8 Å². The number of sulfonamides is 1. The van der Waals surface area contributed by atoms with Gasteiger partial charge in [-0.3, -0.25) is 4.72 Å². The van der Waals surface area contributed by atoms with E-state index in [4.69, 9.17) is 10.5 Å². The van der Waals surface area contributed by atoms with Gasteiger partial charge in [-0.05, 0) is 24.5 Å². The first-order valence-electron chi connectivity index (χ1n) is 5.46. The molecule has 3 N–H and O–H groups in total. The molecule has 0 amide bonds. The van der Waals surface area contributed by atoms with Crippen LogP contribution in [0.2, 0.25) is 0 Å². The predicted octanol–water partition coefficient (Wildman–Crippen LogP) is 1.06. The Kier molecular flexibility index (Phi) is 3.26. The molecule has 0 atom stereocenters. The molecule has 1 aliphatic carbocycles. The molecule has 94 valence electrons. The van der Waals surface area contributed by atoms with Crippen LogP contribution in [0, 0.1) is 0 Å². The lowest BCUT2D eigenvalue weighted by atomic mass is 10.1. The molecule has 0 radical (unpaired) electrons. The summed E-state index contributed by atoms with van der Waals surface area (Å²) in [4.78, 5) is 0. The predicted molar refractivity (Wildman–Crippen MR) is 66.4 cm³/mol. The van der Waals surface area contributed by atoms with E-state index in [1.807, 2.05) is 0 Å². The van der Waals surface area contributed by atoms with Gasteiger partial charge >= 0.3 is 0 Å². The van der Waals surface area contributed by atoms with Gasteiger partial charge in [0.05, 0.1) is 18.0 Å². The second kappa shape index (κ2) is 4.54. The number of ether oxygens (including phenoxy) is 1. The second-order valence-corrected chi connectivity index (χ2v) is 6.01. The Hall–Kier alpha value is -1.27. The van der Waals surface area contributed by atoms with Crippen molar-refractivity contribution in [1.29, 1.82) is 0 Å². The van der Waals surface area contributed by atoms with Crippen LogP contribution in [0.4, 0.5) is 5.69 Å². The van der Waals surface area contributed by atoms with Crippen LogP contribution >= 0.6 is 0 Å². The van der Waals surface area contributed by atoms with Gasteiger partial charge in [0.15, 0.2) is 0 Å². The fourth-order valence-electron chi connectivity index (χ4n) is 1.64. The van der Waals surface area contributed by atoms with Crippen molar-refractivity contribution < 1.29 is 13.2 Å². The molecule has 0 aliphatic heterocycles. The van der Waals surface area contributed by atoms with Gasteiger partial charge in [0.2, 0.25) is 10.0 Å². The molecule has 1 fully saturated rings. The molecule has 1 aromatic rings. The molecule has 1 saturated carbocycles. The van der Waals surface area contributed by atoms with E-state index in [1.54, 1.807) is 18.2 Å². The zero-order valence-electron chi connectivity index (χ0n) is 9.64. The molecule has 0 saturated heterocycles. The lowest BCUT2D eigenvalue weighted by molar-refractivity contribution is 0.416. The van der Waals surface area contributed by atoms with Crippen LogP contribution in [0.3, 0.4) is 0 Å². The highest BCUT2D eigenvalue weighted by atomic mass is 32.2. The third kappa shape index (κ3) is 2.53. The standard InChI is InChI=1S/C11H16N2O3S/c1-16-10-4-2-3-8(7-12)11(10)13-17(14,15)9-5-6-9/h2-4,9,13H,5-7,12H2,1H3. The SMILES string of the molecule is COc1cccc(CN)c1NS(=O)(=O)C1CC1. The topological polar surface area (TPSA) is 81.4 Å². The van der Waals surface area contributed by atoms with Crippen LogP contribution in [0.25, 0.3) is 0 Å². The molecule has 0 aromatic heterocycles. The molecule has 0 bridgehead atoms. The van der Waals surface area contributed by atoms with Gasteiger partial charge in [0.1, 0.15) is 5.75 Å². The van der Waals surface area contributed by atoms with Crippen molar-refractivity contribution in [2.45, 2.75) is 24.6 Å². The van der Waals surface area contributed by atoms with Gasteiger partial charge in [0.25, 0.3) is 0 Å². The maximum Gasteiger partial charge on any atom is 0.235 e. The summed E-state index contributed by atoms with van der Waals surface area (Å²) < 4.78 is 31.5. The number of hydrogen-bond donors (Lipinski definition) is 2. The highest BCUT2D eigenvalue weighted by molar-refractivity contribution is 7.93. The van der Waals surface area contributed by atoms with Crippen molar-refractivity contribution in [2.24, 2.45) is 5.73 Å². The Bertz CT molecular complexity index is 487. The Labute approximate surface area is 101 Å². The number of methoxy groups -OCH3 is 1. The van der Waals surface area contributed by atoms with Crippen LogP contribution in [0.5, 0.6) is 5.75 Å². The van der Waals surface area contributed by atoms with Crippen molar-refractivity contribution in [3.8, 4) is 5.75 Å². The monoisotopic (exact) mass is 256 g/mol. The summed E-state index contributed by atoms with van der Waals surface area (Å²) in [5, 5.41) is -0.266. The van der Waals surface area contributed by atoms with Gasteiger partial charge < -0.3 is 10.5 Å². The van der Waals surface area contributed by atoms with Gasteiger partial charge in [-0.2, -0.15) is 0 Å². The summed E-state index contributed by atoms with van der Waals surface area (Å²) >= 11 is 0. The molecule has 0 heterocycles. The van der Waals surface area contributed by atoms with Crippen molar-refractivity contribution in [3.63, 3.8) is 0 Å². The van der Waals surface area contributed by atoms with E-state index in [9.17, 15) is 8.42 Å². The molecule has 0 spiro atoms. The van der Waals surface area contributed by atoms with Crippen molar-refractivity contribution in [3.05, 3.63) is 23.8 Å². The van der Waals surface area contributed by atoms with E-state index in [1.165, 1.54) is 7.11 Å². The lowest BCUT2D eigenvalue weighted by Gasteiger charge is -2.14. The Morgan fingerprint density at radius 2 is 2.18 bits per heavy atom. The Balaban J connectivity index is 2.36. The Morgan fingerprint density at radius 3 is 2.71 bits per heavy atom. The average molecular weight is 256 g/mol. The minimum absolute atomic E-state index is 0.264. The first-order chi connectivity index (χ1) is 8.08. The van der Waals surface area contributed by atoms with Crippen LogP contribution in [-0.2, 0) is 16.6 Å². The zero-order valence-corrected chi connectivity index (χ0v) is 10.5. The summed E-state index contributed by atoms with van der Waals surface area (Å²) in [6.45, 7) is 0.264. The second-order valence-electron chi connectivity index (χ2n) is 4.04. The minimum atomic E-state index is -3.29. The molecule has 1 aromatic carbocycles. The van der Waals surface area contributed by atoms with Crippen LogP contribution < -0.4 is 15.2 Å². The van der Waals surface area contributed by atoms with Crippen LogP contribution in [0.1, 0.15) is 18.4 Å². The molecule has 0 unspecified atom stereocenters. The van der Waals surface area contributed by atoms with Crippen molar-refractivity contribution in [1.82, 2.24) is 0 Å². The highest BCUT2D eigenvalue weighted by Gasteiger charge is 2.36. The number of anilines is 1. The molecule has 5 nitrogen and oxygen atoms in total. The summed E-state index contributed by atoms with van der Waals surface area (Å²) in [7, 11) is -1.79. The van der Waals surface area contributed by atoms with E-state index in [2.05, 4.69) is 4.72 Å². The number of hydrogen-bond acceptors (Lipinski definition) is 4. The fourth-order valence-corrected chi connectivity index (χ4v) is 3.08. The molecule has 2 rings (SSSR count). The zero-order chi connectivity index (χ0) is 12.5. The third-order valence-corrected chi connectivity index (χ3v) is 4.60. The van der Waals surface area contributed by atoms with Gasteiger partial charge in [-0.1, -0.05) is 12.1 Å². The largest absolute Gasteiger partial charge is 0.495 e. The maximum absolute atomic E-state index is 11.9. The van der Waals surface area contributed by atoms with E-state index >= 15 is 0 Å². The number of nitrogens with two attached hydrogens (primary N) is 1. The smallest absolute Gasteiger partial charge is 0.235 e. The van der Waals surface area contributed by atoms with E-state index < -0.39 is 10.0 Å². The molecule has 1 aliphatic rings. The third-order valence-electron chi connectivity index (χ3n) is 2.76. The maximum atomic E-state index is 11.9. The van der Waals surface area contributed by atoms with E-state index in [0.29, 0.717) is 11.4 Å². The number of benzene rings is 1. The highest BCUT2D eigenvalue weighted by Crippen LogP contribution is 2.34. The molecule has 6 heteroatoms. The summed E-state index contributed by atoms with van der Waals surface area (Å²) in [5.74, 6) is 0.497. The van der Waals surface area contributed by atoms with Gasteiger partial charge in [0, 0.05) is 6.54 Å². The Morgan fingerprint density at radius 1 is 1.47 bits per heavy atom. The van der Waals surface area contributed by atoms with E-state index in [0.717, 1.165) is 18.4 Å². The van der Waals surface area contributed by atoms with E-state index in [-0.39, 0.29) is 11.8 Å². The number of nitrogens with one attached hydrogen (secondary N) is 1. The first-order valence-corrected chi connectivity index (χ1v) is 7.00. The summed E-state index contributed by atoms with van der Waals surface area (Å²) in [5.41, 5.74) is 6.79. The van der Waals surface area contributed by atoms with Crippen LogP contribution in [0.15, 0.2) is 18.2 Å². The van der Waals surface area contributed by atoms with Crippen LogP contribution in [-0.4, -0.2) is 20.8 Å². The van der Waals surface area contributed by atoms with Gasteiger partial charge in [-0.25, -0.2) is 8.42 Å². The minimum Gasteiger partial charge on any atom is -0.495 e. The fraction of sp³-hybridized carbons (Fsp3) is 0.455. The average Bonchev–Trinajstić information content (AvgIpc) is 3.13. The molecule has 17 heavy (non-hydrogen) atoms. The lowest BCUT2D eigenvalue weighted by Crippen LogP contribution is -2.19. The summed E-state index contributed by atoms with van der Waals surface area (Å²) in [6, 6.07) is 5.28.